The van der Waals surface area contributed by atoms with Gasteiger partial charge in [-0.1, -0.05) is 52.3 Å². The number of β-lactam (4-membered cyclic amide) rings is 1. The lowest BCUT2D eigenvalue weighted by atomic mass is 9.89. The molecule has 0 aromatic heterocycles. The number of carbonyl (C=O) groups excluding carboxylic acids is 1. The lowest BCUT2D eigenvalue weighted by Crippen LogP contribution is -2.59. The smallest absolute Gasteiger partial charge is 0.259 e. The maximum atomic E-state index is 12.5. The van der Waals surface area contributed by atoms with E-state index >= 15 is 0 Å². The third-order valence-corrected chi connectivity index (χ3v) is 5.44. The standard InChI is InChI=1S/C23H20BrNO4/c1-28-18-10-8-17(9-11-18)25-21(22(26)23(25)27)19-12-7-16(24)13-20(19)29-14-15-5-3-2-4-6-15/h2-13,21-22,26H,14H2,1H3/t21-,22+/m1/s1. The van der Waals surface area contributed by atoms with Crippen LogP contribution >= 0.6 is 15.9 Å². The molecule has 5 nitrogen and oxygen atoms in total. The Balaban J connectivity index is 1.64. The van der Waals surface area contributed by atoms with Crippen molar-refractivity contribution in [3.05, 3.63) is 88.4 Å². The summed E-state index contributed by atoms with van der Waals surface area (Å²) in [6.07, 6.45) is -1.11. The van der Waals surface area contributed by atoms with Crippen molar-refractivity contribution in [1.29, 1.82) is 0 Å². The van der Waals surface area contributed by atoms with Gasteiger partial charge in [0.2, 0.25) is 0 Å². The number of carbonyl (C=O) groups is 1. The van der Waals surface area contributed by atoms with Crippen LogP contribution in [0.25, 0.3) is 0 Å². The quantitative estimate of drug-likeness (QED) is 0.558. The zero-order chi connectivity index (χ0) is 20.4. The molecule has 2 atom stereocenters. The van der Waals surface area contributed by atoms with E-state index in [2.05, 4.69) is 15.9 Å². The highest BCUT2D eigenvalue weighted by atomic mass is 79.9. The summed E-state index contributed by atoms with van der Waals surface area (Å²) in [6.45, 7) is 0.392. The first-order valence-corrected chi connectivity index (χ1v) is 9.99. The second-order valence-corrected chi connectivity index (χ2v) is 7.67. The molecule has 3 aromatic carbocycles. The lowest BCUT2D eigenvalue weighted by molar-refractivity contribution is -0.137. The van der Waals surface area contributed by atoms with Crippen LogP contribution in [-0.2, 0) is 11.4 Å². The van der Waals surface area contributed by atoms with Gasteiger partial charge in [0.15, 0.2) is 6.10 Å². The Hall–Kier alpha value is -2.83. The van der Waals surface area contributed by atoms with Gasteiger partial charge < -0.3 is 14.6 Å². The largest absolute Gasteiger partial charge is 0.497 e. The molecule has 0 saturated carbocycles. The molecule has 4 rings (SSSR count). The monoisotopic (exact) mass is 453 g/mol. The number of hydrogen-bond donors (Lipinski definition) is 1. The average Bonchev–Trinajstić information content (AvgIpc) is 2.77. The molecular weight excluding hydrogens is 434 g/mol. The zero-order valence-electron chi connectivity index (χ0n) is 15.8. The molecule has 1 fully saturated rings. The van der Waals surface area contributed by atoms with E-state index in [4.69, 9.17) is 9.47 Å². The topological polar surface area (TPSA) is 59.0 Å². The minimum absolute atomic E-state index is 0.336. The molecule has 3 aromatic rings. The van der Waals surface area contributed by atoms with Gasteiger partial charge in [0.1, 0.15) is 24.1 Å². The van der Waals surface area contributed by atoms with Crippen molar-refractivity contribution >= 4 is 27.5 Å². The summed E-state index contributed by atoms with van der Waals surface area (Å²) in [5, 5.41) is 10.5. The number of halogens is 1. The summed E-state index contributed by atoms with van der Waals surface area (Å²) in [5.74, 6) is 0.990. The minimum atomic E-state index is -1.11. The number of rotatable bonds is 6. The van der Waals surface area contributed by atoms with E-state index < -0.39 is 12.1 Å². The van der Waals surface area contributed by atoms with Crippen LogP contribution in [0.1, 0.15) is 17.2 Å². The Bertz CT molecular complexity index is 1010. The Morgan fingerprint density at radius 3 is 2.45 bits per heavy atom. The maximum Gasteiger partial charge on any atom is 0.259 e. The van der Waals surface area contributed by atoms with Gasteiger partial charge in [-0.15, -0.1) is 0 Å². The van der Waals surface area contributed by atoms with Crippen molar-refractivity contribution in [3.63, 3.8) is 0 Å². The van der Waals surface area contributed by atoms with Crippen molar-refractivity contribution < 1.29 is 19.4 Å². The van der Waals surface area contributed by atoms with Gasteiger partial charge in [0.25, 0.3) is 5.91 Å². The molecule has 1 N–H and O–H groups in total. The molecule has 1 aliphatic rings. The Morgan fingerprint density at radius 1 is 1.03 bits per heavy atom. The number of benzene rings is 3. The summed E-state index contributed by atoms with van der Waals surface area (Å²) in [4.78, 5) is 14.0. The molecule has 0 bridgehead atoms. The van der Waals surface area contributed by atoms with E-state index in [1.807, 2.05) is 48.5 Å². The van der Waals surface area contributed by atoms with E-state index in [1.54, 1.807) is 36.3 Å². The van der Waals surface area contributed by atoms with Crippen LogP contribution in [0.5, 0.6) is 11.5 Å². The second kappa shape index (κ2) is 8.27. The minimum Gasteiger partial charge on any atom is -0.497 e. The average molecular weight is 454 g/mol. The summed E-state index contributed by atoms with van der Waals surface area (Å²) >= 11 is 3.48. The van der Waals surface area contributed by atoms with Crippen LogP contribution in [-0.4, -0.2) is 24.2 Å². The third-order valence-electron chi connectivity index (χ3n) is 4.95. The van der Waals surface area contributed by atoms with Gasteiger partial charge in [-0.3, -0.25) is 9.69 Å². The van der Waals surface area contributed by atoms with Gasteiger partial charge in [0, 0.05) is 15.7 Å². The molecule has 0 spiro atoms. The molecule has 29 heavy (non-hydrogen) atoms. The predicted molar refractivity (Wildman–Crippen MR) is 114 cm³/mol. The molecule has 0 unspecified atom stereocenters. The lowest BCUT2D eigenvalue weighted by Gasteiger charge is -2.45. The van der Waals surface area contributed by atoms with Gasteiger partial charge >= 0.3 is 0 Å². The molecule has 0 radical (unpaired) electrons. The van der Waals surface area contributed by atoms with Crippen molar-refractivity contribution in [2.24, 2.45) is 0 Å². The van der Waals surface area contributed by atoms with Gasteiger partial charge in [-0.2, -0.15) is 0 Å². The molecule has 1 aliphatic heterocycles. The van der Waals surface area contributed by atoms with Crippen molar-refractivity contribution in [3.8, 4) is 11.5 Å². The number of aliphatic hydroxyl groups is 1. The van der Waals surface area contributed by atoms with E-state index in [0.717, 1.165) is 15.6 Å². The number of ether oxygens (including phenoxy) is 2. The van der Waals surface area contributed by atoms with Crippen LogP contribution in [0.15, 0.2) is 77.3 Å². The Kier molecular flexibility index (Phi) is 5.56. The number of aliphatic hydroxyl groups excluding tert-OH is 1. The number of amides is 1. The summed E-state index contributed by atoms with van der Waals surface area (Å²) in [7, 11) is 1.59. The predicted octanol–water partition coefficient (Wildman–Crippen LogP) is 4.49. The van der Waals surface area contributed by atoms with Gasteiger partial charge in [0.05, 0.1) is 7.11 Å². The normalized spacial score (nSPS) is 18.3. The fourth-order valence-corrected chi connectivity index (χ4v) is 3.77. The number of methoxy groups -OCH3 is 1. The Morgan fingerprint density at radius 2 is 1.76 bits per heavy atom. The first kappa shape index (κ1) is 19.5. The van der Waals surface area contributed by atoms with Crippen molar-refractivity contribution in [2.45, 2.75) is 18.8 Å². The summed E-state index contributed by atoms with van der Waals surface area (Å²) in [5.41, 5.74) is 2.49. The summed E-state index contributed by atoms with van der Waals surface area (Å²) < 4.78 is 12.1. The zero-order valence-corrected chi connectivity index (χ0v) is 17.4. The van der Waals surface area contributed by atoms with Crippen LogP contribution in [0.2, 0.25) is 0 Å². The maximum absolute atomic E-state index is 12.5. The molecule has 0 aliphatic carbocycles. The molecule has 1 saturated heterocycles. The molecule has 1 heterocycles. The first-order valence-electron chi connectivity index (χ1n) is 9.20. The second-order valence-electron chi connectivity index (χ2n) is 6.75. The summed E-state index contributed by atoms with van der Waals surface area (Å²) in [6, 6.07) is 22.1. The molecular formula is C23H20BrNO4. The van der Waals surface area contributed by atoms with Gasteiger partial charge in [-0.05, 0) is 42.0 Å². The molecule has 148 valence electrons. The van der Waals surface area contributed by atoms with E-state index in [1.165, 1.54) is 0 Å². The highest BCUT2D eigenvalue weighted by Crippen LogP contribution is 2.43. The molecule has 1 amide bonds. The van der Waals surface area contributed by atoms with E-state index in [9.17, 15) is 9.90 Å². The third kappa shape index (κ3) is 3.86. The number of hydrogen-bond acceptors (Lipinski definition) is 4. The van der Waals surface area contributed by atoms with Crippen LogP contribution < -0.4 is 14.4 Å². The van der Waals surface area contributed by atoms with E-state index in [0.29, 0.717) is 23.8 Å². The van der Waals surface area contributed by atoms with Crippen LogP contribution in [0.3, 0.4) is 0 Å². The van der Waals surface area contributed by atoms with Crippen LogP contribution in [0, 0.1) is 0 Å². The fraction of sp³-hybridized carbons (Fsp3) is 0.174. The van der Waals surface area contributed by atoms with Crippen LogP contribution in [0.4, 0.5) is 5.69 Å². The highest BCUT2D eigenvalue weighted by molar-refractivity contribution is 9.10. The number of nitrogens with zero attached hydrogens (tertiary/aromatic N) is 1. The Labute approximate surface area is 177 Å². The SMILES string of the molecule is COc1ccc(N2C(=O)[C@@H](O)[C@H]2c2ccc(Br)cc2OCc2ccccc2)cc1. The van der Waals surface area contributed by atoms with E-state index in [-0.39, 0.29) is 5.91 Å². The van der Waals surface area contributed by atoms with Crippen molar-refractivity contribution in [1.82, 2.24) is 0 Å². The van der Waals surface area contributed by atoms with Crippen molar-refractivity contribution in [2.75, 3.05) is 12.0 Å². The number of anilines is 1. The van der Waals surface area contributed by atoms with Gasteiger partial charge in [-0.25, -0.2) is 0 Å². The highest BCUT2D eigenvalue weighted by Gasteiger charge is 2.49. The fourth-order valence-electron chi connectivity index (χ4n) is 3.43. The molecule has 6 heteroatoms. The first-order chi connectivity index (χ1) is 14.1.